The van der Waals surface area contributed by atoms with E-state index in [0.717, 1.165) is 5.56 Å². The summed E-state index contributed by atoms with van der Waals surface area (Å²) in [7, 11) is 0. The van der Waals surface area contributed by atoms with Crippen molar-refractivity contribution >= 4 is 11.8 Å². The summed E-state index contributed by atoms with van der Waals surface area (Å²) >= 11 is 0. The molecule has 1 spiro atoms. The van der Waals surface area contributed by atoms with Crippen molar-refractivity contribution < 1.29 is 14.3 Å². The van der Waals surface area contributed by atoms with Crippen LogP contribution >= 0.6 is 0 Å². The minimum absolute atomic E-state index is 0.00636. The van der Waals surface area contributed by atoms with Crippen molar-refractivity contribution in [2.24, 2.45) is 5.92 Å². The number of ketones is 1. The molecule has 0 atom stereocenters. The first-order chi connectivity index (χ1) is 8.55. The Hall–Kier alpha value is -1.68. The van der Waals surface area contributed by atoms with E-state index in [1.54, 1.807) is 6.07 Å². The maximum Gasteiger partial charge on any atom is 0.340 e. The van der Waals surface area contributed by atoms with E-state index >= 15 is 0 Å². The van der Waals surface area contributed by atoms with Gasteiger partial charge in [0.2, 0.25) is 0 Å². The van der Waals surface area contributed by atoms with Crippen molar-refractivity contribution in [3.63, 3.8) is 0 Å². The lowest BCUT2D eigenvalue weighted by Crippen LogP contribution is -2.56. The number of nitrogens with one attached hydrogen (secondary N) is 1. The monoisotopic (exact) mass is 245 g/mol. The van der Waals surface area contributed by atoms with Crippen molar-refractivity contribution in [1.82, 2.24) is 5.32 Å². The maximum absolute atomic E-state index is 12.1. The number of Topliss-reactive ketones (excluding diaryl/α,β-unsaturated/α-hetero) is 1. The molecule has 2 heterocycles. The highest BCUT2D eigenvalue weighted by molar-refractivity contribution is 6.09. The number of hydrogen-bond donors (Lipinski definition) is 1. The SMILES string of the molecule is CC(C)C(=O)c1cccc2c1C(=O)OC21CNC1. The van der Waals surface area contributed by atoms with Crippen LogP contribution in [-0.4, -0.2) is 24.8 Å². The number of benzene rings is 1. The fourth-order valence-corrected chi connectivity index (χ4v) is 2.57. The quantitative estimate of drug-likeness (QED) is 0.633. The van der Waals surface area contributed by atoms with Crippen LogP contribution in [0.1, 0.15) is 40.1 Å². The average Bonchev–Trinajstić information content (AvgIpc) is 2.62. The Morgan fingerprint density at radius 2 is 2.11 bits per heavy atom. The van der Waals surface area contributed by atoms with E-state index in [1.807, 2.05) is 26.0 Å². The first-order valence-electron chi connectivity index (χ1n) is 6.17. The Balaban J connectivity index is 2.15. The summed E-state index contributed by atoms with van der Waals surface area (Å²) in [4.78, 5) is 24.2. The van der Waals surface area contributed by atoms with Crippen LogP contribution in [0.3, 0.4) is 0 Å². The van der Waals surface area contributed by atoms with Crippen LogP contribution in [0.5, 0.6) is 0 Å². The number of carbonyl (C=O) groups excluding carboxylic acids is 2. The summed E-state index contributed by atoms with van der Waals surface area (Å²) in [5, 5.41) is 3.11. The summed E-state index contributed by atoms with van der Waals surface area (Å²) in [5.74, 6) is -0.496. The molecule has 1 saturated heterocycles. The van der Waals surface area contributed by atoms with Gasteiger partial charge in [0.15, 0.2) is 11.4 Å². The van der Waals surface area contributed by atoms with E-state index in [1.165, 1.54) is 0 Å². The molecule has 2 aliphatic rings. The molecule has 0 bridgehead atoms. The third kappa shape index (κ3) is 1.35. The van der Waals surface area contributed by atoms with Crippen molar-refractivity contribution in [3.8, 4) is 0 Å². The molecule has 2 aliphatic heterocycles. The first kappa shape index (κ1) is 11.4. The van der Waals surface area contributed by atoms with Crippen LogP contribution in [0.2, 0.25) is 0 Å². The molecule has 4 heteroatoms. The second-order valence-electron chi connectivity index (χ2n) is 5.23. The van der Waals surface area contributed by atoms with Gasteiger partial charge >= 0.3 is 5.97 Å². The number of esters is 1. The Morgan fingerprint density at radius 3 is 2.67 bits per heavy atom. The van der Waals surface area contributed by atoms with Crippen LogP contribution < -0.4 is 5.32 Å². The summed E-state index contributed by atoms with van der Waals surface area (Å²) in [6, 6.07) is 5.43. The van der Waals surface area contributed by atoms with Gasteiger partial charge in [-0.15, -0.1) is 0 Å². The summed E-state index contributed by atoms with van der Waals surface area (Å²) in [6.07, 6.45) is 0. The Labute approximate surface area is 105 Å². The predicted molar refractivity (Wildman–Crippen MR) is 65.6 cm³/mol. The molecule has 0 aromatic heterocycles. The van der Waals surface area contributed by atoms with Gasteiger partial charge in [0.05, 0.1) is 5.56 Å². The van der Waals surface area contributed by atoms with Crippen molar-refractivity contribution in [2.75, 3.05) is 13.1 Å². The van der Waals surface area contributed by atoms with Gasteiger partial charge < -0.3 is 10.1 Å². The molecule has 0 amide bonds. The van der Waals surface area contributed by atoms with Gasteiger partial charge in [0.25, 0.3) is 0 Å². The lowest BCUT2D eigenvalue weighted by molar-refractivity contribution is -0.0369. The fourth-order valence-electron chi connectivity index (χ4n) is 2.57. The maximum atomic E-state index is 12.1. The van der Waals surface area contributed by atoms with E-state index in [2.05, 4.69) is 5.32 Å². The molecule has 0 radical (unpaired) electrons. The minimum Gasteiger partial charge on any atom is -0.448 e. The first-order valence-corrected chi connectivity index (χ1v) is 6.17. The van der Waals surface area contributed by atoms with E-state index in [9.17, 15) is 9.59 Å². The Kier molecular flexibility index (Phi) is 2.32. The van der Waals surface area contributed by atoms with Gasteiger partial charge in [-0.25, -0.2) is 4.79 Å². The highest BCUT2D eigenvalue weighted by Crippen LogP contribution is 2.41. The Bertz CT molecular complexity index is 544. The zero-order valence-electron chi connectivity index (χ0n) is 10.4. The van der Waals surface area contributed by atoms with Gasteiger partial charge in [-0.1, -0.05) is 32.0 Å². The third-order valence-corrected chi connectivity index (χ3v) is 3.66. The summed E-state index contributed by atoms with van der Waals surface area (Å²) in [6.45, 7) is 4.93. The van der Waals surface area contributed by atoms with E-state index in [0.29, 0.717) is 24.2 Å². The standard InChI is InChI=1S/C14H15NO3/c1-8(2)12(16)9-4-3-5-10-11(9)13(17)18-14(10)6-15-7-14/h3-5,8,15H,6-7H2,1-2H3. The van der Waals surface area contributed by atoms with Gasteiger partial charge in [-0.05, 0) is 0 Å². The molecule has 94 valence electrons. The number of hydrogen-bond acceptors (Lipinski definition) is 4. The molecular formula is C14H15NO3. The topological polar surface area (TPSA) is 55.4 Å². The smallest absolute Gasteiger partial charge is 0.340 e. The zero-order chi connectivity index (χ0) is 12.9. The van der Waals surface area contributed by atoms with Gasteiger partial charge in [-0.2, -0.15) is 0 Å². The van der Waals surface area contributed by atoms with Gasteiger partial charge in [0.1, 0.15) is 0 Å². The third-order valence-electron chi connectivity index (χ3n) is 3.66. The van der Waals surface area contributed by atoms with Crippen molar-refractivity contribution in [3.05, 3.63) is 34.9 Å². The number of ether oxygens (including phenoxy) is 1. The van der Waals surface area contributed by atoms with E-state index < -0.39 is 5.60 Å². The van der Waals surface area contributed by atoms with Crippen LogP contribution in [0.25, 0.3) is 0 Å². The fraction of sp³-hybridized carbons (Fsp3) is 0.429. The number of carbonyl (C=O) groups is 2. The van der Waals surface area contributed by atoms with Crippen LogP contribution in [0.4, 0.5) is 0 Å². The van der Waals surface area contributed by atoms with Gasteiger partial charge in [0, 0.05) is 30.1 Å². The summed E-state index contributed by atoms with van der Waals surface area (Å²) < 4.78 is 5.47. The van der Waals surface area contributed by atoms with Crippen molar-refractivity contribution in [1.29, 1.82) is 0 Å². The lowest BCUT2D eigenvalue weighted by atomic mass is 9.84. The molecular weight excluding hydrogens is 230 g/mol. The highest BCUT2D eigenvalue weighted by Gasteiger charge is 2.51. The molecule has 1 aromatic carbocycles. The Morgan fingerprint density at radius 1 is 1.39 bits per heavy atom. The van der Waals surface area contributed by atoms with E-state index in [4.69, 9.17) is 4.74 Å². The molecule has 1 fully saturated rings. The van der Waals surface area contributed by atoms with E-state index in [-0.39, 0.29) is 17.7 Å². The largest absolute Gasteiger partial charge is 0.448 e. The summed E-state index contributed by atoms with van der Waals surface area (Å²) in [5.41, 5.74) is 1.30. The second-order valence-corrected chi connectivity index (χ2v) is 5.23. The van der Waals surface area contributed by atoms with Crippen LogP contribution in [-0.2, 0) is 10.3 Å². The predicted octanol–water partition coefficient (Wildman–Crippen LogP) is 1.49. The molecule has 0 unspecified atom stereocenters. The highest BCUT2D eigenvalue weighted by atomic mass is 16.6. The molecule has 1 N–H and O–H groups in total. The van der Waals surface area contributed by atoms with Gasteiger partial charge in [-0.3, -0.25) is 4.79 Å². The zero-order valence-corrected chi connectivity index (χ0v) is 10.4. The molecule has 18 heavy (non-hydrogen) atoms. The number of fused-ring (bicyclic) bond motifs is 2. The van der Waals surface area contributed by atoms with Crippen molar-refractivity contribution in [2.45, 2.75) is 19.4 Å². The average molecular weight is 245 g/mol. The molecule has 0 saturated carbocycles. The van der Waals surface area contributed by atoms with Crippen LogP contribution in [0, 0.1) is 5.92 Å². The molecule has 1 aromatic rings. The minimum atomic E-state index is -0.528. The lowest BCUT2D eigenvalue weighted by Gasteiger charge is -2.38. The number of rotatable bonds is 2. The molecule has 4 nitrogen and oxygen atoms in total. The molecule has 0 aliphatic carbocycles. The second kappa shape index (κ2) is 3.65. The molecule has 3 rings (SSSR count). The van der Waals surface area contributed by atoms with Crippen LogP contribution in [0.15, 0.2) is 18.2 Å². The normalized spacial score (nSPS) is 19.6.